The van der Waals surface area contributed by atoms with E-state index in [1.807, 2.05) is 71.5 Å². The van der Waals surface area contributed by atoms with Gasteiger partial charge in [0.1, 0.15) is 11.5 Å². The number of nitrogens with one attached hydrogen (secondary N) is 1. The van der Waals surface area contributed by atoms with Crippen molar-refractivity contribution in [2.24, 2.45) is 0 Å². The molecule has 2 aromatic heterocycles. The number of carbonyl (C=O) groups is 1. The van der Waals surface area contributed by atoms with Crippen LogP contribution in [-0.4, -0.2) is 40.1 Å². The van der Waals surface area contributed by atoms with Crippen LogP contribution in [0.5, 0.6) is 11.5 Å². The molecule has 0 spiro atoms. The third-order valence-corrected chi connectivity index (χ3v) is 6.60. The summed E-state index contributed by atoms with van der Waals surface area (Å²) in [5, 5.41) is 13.9. The summed E-state index contributed by atoms with van der Waals surface area (Å²) in [6, 6.07) is 18.9. The molecule has 1 atom stereocenters. The van der Waals surface area contributed by atoms with E-state index in [9.17, 15) is 4.79 Å². The molecule has 0 aliphatic heterocycles. The van der Waals surface area contributed by atoms with Crippen LogP contribution in [0, 0.1) is 0 Å². The average molecular weight is 467 g/mol. The van der Waals surface area contributed by atoms with Gasteiger partial charge in [-0.1, -0.05) is 36.0 Å². The maximum atomic E-state index is 12.9. The standard InChI is InChI=1S/C23H22N4O3S2/c1-15(22(28)24-16-8-6-9-17(14-16)29-2)32-23-26-25-21(20-12-7-13-31-20)27(23)18-10-4-5-11-19(18)30-3/h4-15H,1-3H3,(H,24,28). The van der Waals surface area contributed by atoms with Gasteiger partial charge < -0.3 is 14.8 Å². The van der Waals surface area contributed by atoms with E-state index in [1.165, 1.54) is 11.8 Å². The van der Waals surface area contributed by atoms with Gasteiger partial charge in [-0.15, -0.1) is 21.5 Å². The van der Waals surface area contributed by atoms with Crippen molar-refractivity contribution in [1.29, 1.82) is 0 Å². The highest BCUT2D eigenvalue weighted by molar-refractivity contribution is 8.00. The maximum Gasteiger partial charge on any atom is 0.237 e. The van der Waals surface area contributed by atoms with Crippen LogP contribution in [0.2, 0.25) is 0 Å². The van der Waals surface area contributed by atoms with Gasteiger partial charge in [-0.2, -0.15) is 0 Å². The van der Waals surface area contributed by atoms with Gasteiger partial charge in [-0.3, -0.25) is 9.36 Å². The highest BCUT2D eigenvalue weighted by atomic mass is 32.2. The Hall–Kier alpha value is -3.30. The van der Waals surface area contributed by atoms with Gasteiger partial charge >= 0.3 is 0 Å². The second-order valence-corrected chi connectivity index (χ2v) is 9.03. The van der Waals surface area contributed by atoms with Crippen molar-refractivity contribution < 1.29 is 14.3 Å². The van der Waals surface area contributed by atoms with Crippen LogP contribution >= 0.6 is 23.1 Å². The molecule has 9 heteroatoms. The highest BCUT2D eigenvalue weighted by Crippen LogP contribution is 2.35. The van der Waals surface area contributed by atoms with Crippen molar-refractivity contribution >= 4 is 34.7 Å². The predicted molar refractivity (Wildman–Crippen MR) is 128 cm³/mol. The first kappa shape index (κ1) is 21.9. The number of aromatic nitrogens is 3. The summed E-state index contributed by atoms with van der Waals surface area (Å²) in [5.41, 5.74) is 1.48. The highest BCUT2D eigenvalue weighted by Gasteiger charge is 2.23. The zero-order valence-corrected chi connectivity index (χ0v) is 19.4. The first-order chi connectivity index (χ1) is 15.6. The molecule has 4 rings (SSSR count). The van der Waals surface area contributed by atoms with Crippen molar-refractivity contribution in [3.63, 3.8) is 0 Å². The van der Waals surface area contributed by atoms with Crippen LogP contribution in [0.25, 0.3) is 16.4 Å². The Morgan fingerprint density at radius 2 is 1.91 bits per heavy atom. The quantitative estimate of drug-likeness (QED) is 0.363. The third-order valence-electron chi connectivity index (χ3n) is 4.69. The lowest BCUT2D eigenvalue weighted by Crippen LogP contribution is -2.23. The molecular formula is C23H22N4O3S2. The molecule has 1 amide bonds. The summed E-state index contributed by atoms with van der Waals surface area (Å²) in [4.78, 5) is 13.8. The largest absolute Gasteiger partial charge is 0.497 e. The molecule has 0 radical (unpaired) electrons. The van der Waals surface area contributed by atoms with Gasteiger partial charge in [-0.25, -0.2) is 0 Å². The molecule has 2 heterocycles. The van der Waals surface area contributed by atoms with Crippen molar-refractivity contribution in [2.75, 3.05) is 19.5 Å². The van der Waals surface area contributed by atoms with Gasteiger partial charge in [0.15, 0.2) is 11.0 Å². The molecule has 4 aromatic rings. The molecule has 0 saturated heterocycles. The zero-order valence-electron chi connectivity index (χ0n) is 17.8. The molecule has 0 saturated carbocycles. The van der Waals surface area contributed by atoms with Crippen LogP contribution in [0.4, 0.5) is 5.69 Å². The fourth-order valence-corrected chi connectivity index (χ4v) is 4.66. The maximum absolute atomic E-state index is 12.9. The Balaban J connectivity index is 1.64. The minimum atomic E-state index is -0.421. The Bertz CT molecular complexity index is 1210. The van der Waals surface area contributed by atoms with Gasteiger partial charge in [-0.05, 0) is 42.6 Å². The fourth-order valence-electron chi connectivity index (χ4n) is 3.10. The number of thioether (sulfide) groups is 1. The lowest BCUT2D eigenvalue weighted by Gasteiger charge is -2.15. The average Bonchev–Trinajstić information content (AvgIpc) is 3.49. The number of hydrogen-bond donors (Lipinski definition) is 1. The molecule has 0 fully saturated rings. The fraction of sp³-hybridized carbons (Fsp3) is 0.174. The van der Waals surface area contributed by atoms with Gasteiger partial charge in [0, 0.05) is 11.8 Å². The number of hydrogen-bond acceptors (Lipinski definition) is 7. The lowest BCUT2D eigenvalue weighted by atomic mass is 10.3. The number of ether oxygens (including phenoxy) is 2. The van der Waals surface area contributed by atoms with Gasteiger partial charge in [0.2, 0.25) is 5.91 Å². The molecule has 1 unspecified atom stereocenters. The van der Waals surface area contributed by atoms with E-state index >= 15 is 0 Å². The topological polar surface area (TPSA) is 78.3 Å². The Kier molecular flexibility index (Phi) is 6.77. The van der Waals surface area contributed by atoms with Crippen molar-refractivity contribution in [3.05, 3.63) is 66.0 Å². The van der Waals surface area contributed by atoms with Crippen LogP contribution in [-0.2, 0) is 4.79 Å². The van der Waals surface area contributed by atoms with E-state index < -0.39 is 5.25 Å². The molecule has 0 bridgehead atoms. The van der Waals surface area contributed by atoms with E-state index in [0.717, 1.165) is 10.6 Å². The van der Waals surface area contributed by atoms with Gasteiger partial charge in [0.05, 0.1) is 30.0 Å². The summed E-state index contributed by atoms with van der Waals surface area (Å²) in [7, 11) is 3.22. The summed E-state index contributed by atoms with van der Waals surface area (Å²) >= 11 is 2.91. The molecule has 2 aromatic carbocycles. The summed E-state index contributed by atoms with van der Waals surface area (Å²) < 4.78 is 12.7. The van der Waals surface area contributed by atoms with E-state index in [-0.39, 0.29) is 5.91 Å². The minimum absolute atomic E-state index is 0.143. The second-order valence-electron chi connectivity index (χ2n) is 6.77. The number of amides is 1. The monoisotopic (exact) mass is 466 g/mol. The van der Waals surface area contributed by atoms with Crippen LogP contribution in [0.3, 0.4) is 0 Å². The summed E-state index contributed by atoms with van der Waals surface area (Å²) in [6.45, 7) is 1.84. The Labute approximate surface area is 194 Å². The molecule has 0 aliphatic rings. The molecule has 32 heavy (non-hydrogen) atoms. The number of rotatable bonds is 8. The summed E-state index contributed by atoms with van der Waals surface area (Å²) in [5.74, 6) is 1.93. The summed E-state index contributed by atoms with van der Waals surface area (Å²) in [6.07, 6.45) is 0. The molecule has 1 N–H and O–H groups in total. The number of carbonyl (C=O) groups excluding carboxylic acids is 1. The smallest absolute Gasteiger partial charge is 0.237 e. The van der Waals surface area contributed by atoms with E-state index in [4.69, 9.17) is 9.47 Å². The van der Waals surface area contributed by atoms with Crippen LogP contribution in [0.15, 0.2) is 71.2 Å². The van der Waals surface area contributed by atoms with Crippen molar-refractivity contribution in [1.82, 2.24) is 14.8 Å². The molecule has 0 aliphatic carbocycles. The Morgan fingerprint density at radius 3 is 2.66 bits per heavy atom. The van der Waals surface area contributed by atoms with E-state index in [1.54, 1.807) is 31.6 Å². The molecule has 164 valence electrons. The van der Waals surface area contributed by atoms with E-state index in [2.05, 4.69) is 15.5 Å². The lowest BCUT2D eigenvalue weighted by molar-refractivity contribution is -0.115. The normalized spacial score (nSPS) is 11.7. The molecular weight excluding hydrogens is 444 g/mol. The number of nitrogens with zero attached hydrogens (tertiary/aromatic N) is 3. The van der Waals surface area contributed by atoms with Crippen LogP contribution < -0.4 is 14.8 Å². The number of para-hydroxylation sites is 2. The third kappa shape index (κ3) is 4.63. The first-order valence-electron chi connectivity index (χ1n) is 9.85. The van der Waals surface area contributed by atoms with Crippen molar-refractivity contribution in [2.45, 2.75) is 17.3 Å². The number of benzene rings is 2. The van der Waals surface area contributed by atoms with Crippen LogP contribution in [0.1, 0.15) is 6.92 Å². The van der Waals surface area contributed by atoms with Gasteiger partial charge in [0.25, 0.3) is 0 Å². The number of methoxy groups -OCH3 is 2. The minimum Gasteiger partial charge on any atom is -0.497 e. The number of anilines is 1. The SMILES string of the molecule is COc1cccc(NC(=O)C(C)Sc2nnc(-c3cccs3)n2-c2ccccc2OC)c1. The number of thiophene rings is 1. The Morgan fingerprint density at radius 1 is 1.06 bits per heavy atom. The zero-order chi connectivity index (χ0) is 22.5. The van der Waals surface area contributed by atoms with E-state index in [0.29, 0.717) is 28.2 Å². The predicted octanol–water partition coefficient (Wildman–Crippen LogP) is 5.13. The second kappa shape index (κ2) is 9.88. The molecule has 7 nitrogen and oxygen atoms in total. The van der Waals surface area contributed by atoms with Crippen molar-refractivity contribution in [3.8, 4) is 27.9 Å². The first-order valence-corrected chi connectivity index (χ1v) is 11.6.